The second kappa shape index (κ2) is 15.3. The van der Waals surface area contributed by atoms with E-state index in [1.807, 2.05) is 27.7 Å². The number of carbonyl (C=O) groups excluding carboxylic acids is 3. The minimum absolute atomic E-state index is 0.0190. The Morgan fingerprint density at radius 3 is 1.71 bits per heavy atom. The summed E-state index contributed by atoms with van der Waals surface area (Å²) in [6.45, 7) is 11.0. The molecule has 0 aliphatic rings. The van der Waals surface area contributed by atoms with Crippen molar-refractivity contribution in [3.63, 3.8) is 0 Å². The summed E-state index contributed by atoms with van der Waals surface area (Å²) in [4.78, 5) is 61.0. The van der Waals surface area contributed by atoms with E-state index in [2.05, 4.69) is 16.0 Å². The van der Waals surface area contributed by atoms with Crippen molar-refractivity contribution in [2.45, 2.75) is 97.8 Å². The molecule has 0 aromatic heterocycles. The summed E-state index contributed by atoms with van der Waals surface area (Å²) in [6, 6.07) is -4.27. The summed E-state index contributed by atoms with van der Waals surface area (Å²) >= 11 is 0. The fourth-order valence-electron chi connectivity index (χ4n) is 3.34. The predicted octanol–water partition coefficient (Wildman–Crippen LogP) is 0.856. The zero-order valence-electron chi connectivity index (χ0n) is 21.1. The topological polar surface area (TPSA) is 188 Å². The molecule has 0 spiro atoms. The van der Waals surface area contributed by atoms with Gasteiger partial charge in [0.15, 0.2) is 0 Å². The molecule has 11 nitrogen and oxygen atoms in total. The SMILES string of the molecule is CCC(C)C(NC(=O)C(CC(C)C)NC(=O)C(CCC(=O)O)NC(=O)C(N)CC(C)C)C(=O)O. The molecule has 196 valence electrons. The van der Waals surface area contributed by atoms with Gasteiger partial charge in [-0.1, -0.05) is 48.0 Å². The van der Waals surface area contributed by atoms with Gasteiger partial charge in [0.05, 0.1) is 6.04 Å². The van der Waals surface area contributed by atoms with E-state index in [9.17, 15) is 29.1 Å². The molecular weight excluding hydrogens is 444 g/mol. The van der Waals surface area contributed by atoms with Crippen molar-refractivity contribution in [3.8, 4) is 0 Å². The van der Waals surface area contributed by atoms with Gasteiger partial charge in [0.2, 0.25) is 17.7 Å². The highest BCUT2D eigenvalue weighted by molar-refractivity contribution is 5.94. The monoisotopic (exact) mass is 486 g/mol. The molecule has 11 heteroatoms. The lowest BCUT2D eigenvalue weighted by Crippen LogP contribution is -2.58. The molecule has 0 aliphatic carbocycles. The zero-order valence-corrected chi connectivity index (χ0v) is 21.1. The molecule has 0 radical (unpaired) electrons. The van der Waals surface area contributed by atoms with Crippen molar-refractivity contribution in [2.75, 3.05) is 0 Å². The van der Waals surface area contributed by atoms with E-state index in [1.165, 1.54) is 0 Å². The number of amides is 3. The Balaban J connectivity index is 5.61. The first-order valence-electron chi connectivity index (χ1n) is 11.8. The van der Waals surface area contributed by atoms with E-state index >= 15 is 0 Å². The Kier molecular flexibility index (Phi) is 14.1. The summed E-state index contributed by atoms with van der Waals surface area (Å²) in [7, 11) is 0. The van der Waals surface area contributed by atoms with Crippen LogP contribution in [-0.2, 0) is 24.0 Å². The third-order valence-corrected chi connectivity index (χ3v) is 5.46. The zero-order chi connectivity index (χ0) is 26.6. The number of hydrogen-bond acceptors (Lipinski definition) is 6. The molecule has 5 atom stereocenters. The molecule has 5 unspecified atom stereocenters. The number of nitrogens with one attached hydrogen (secondary N) is 3. The second-order valence-electron chi connectivity index (χ2n) is 9.63. The minimum Gasteiger partial charge on any atom is -0.481 e. The summed E-state index contributed by atoms with van der Waals surface area (Å²) in [5, 5.41) is 26.1. The molecule has 0 saturated heterocycles. The number of hydrogen-bond donors (Lipinski definition) is 6. The van der Waals surface area contributed by atoms with E-state index < -0.39 is 53.8 Å². The van der Waals surface area contributed by atoms with Crippen molar-refractivity contribution in [3.05, 3.63) is 0 Å². The molecule has 7 N–H and O–H groups in total. The number of carboxylic acid groups (broad SMARTS) is 2. The Morgan fingerprint density at radius 1 is 0.765 bits per heavy atom. The fraction of sp³-hybridized carbons (Fsp3) is 0.783. The molecule has 34 heavy (non-hydrogen) atoms. The molecule has 0 bridgehead atoms. The van der Waals surface area contributed by atoms with Crippen molar-refractivity contribution in [1.82, 2.24) is 16.0 Å². The van der Waals surface area contributed by atoms with Crippen LogP contribution < -0.4 is 21.7 Å². The third-order valence-electron chi connectivity index (χ3n) is 5.46. The standard InChI is InChI=1S/C23H42N4O7/c1-7-14(6)19(23(33)34)27-22(32)17(11-13(4)5)26-21(31)16(8-9-18(28)29)25-20(30)15(24)10-12(2)3/h12-17,19H,7-11,24H2,1-6H3,(H,25,30)(H,26,31)(H,27,32)(H,28,29)(H,33,34). The van der Waals surface area contributed by atoms with Crippen LogP contribution in [0.5, 0.6) is 0 Å². The molecule has 0 aromatic carbocycles. The van der Waals surface area contributed by atoms with Crippen molar-refractivity contribution >= 4 is 29.7 Å². The average molecular weight is 487 g/mol. The van der Waals surface area contributed by atoms with Gasteiger partial charge in [0.25, 0.3) is 0 Å². The number of carboxylic acids is 2. The highest BCUT2D eigenvalue weighted by Gasteiger charge is 2.32. The van der Waals surface area contributed by atoms with Gasteiger partial charge in [0, 0.05) is 6.42 Å². The maximum absolute atomic E-state index is 13.0. The molecular formula is C23H42N4O7. The maximum atomic E-state index is 13.0. The van der Waals surface area contributed by atoms with Crippen LogP contribution in [-0.4, -0.2) is 64.0 Å². The quantitative estimate of drug-likeness (QED) is 0.185. The number of aliphatic carboxylic acids is 2. The van der Waals surface area contributed by atoms with Crippen molar-refractivity contribution in [1.29, 1.82) is 0 Å². The van der Waals surface area contributed by atoms with Gasteiger partial charge in [0.1, 0.15) is 18.1 Å². The lowest BCUT2D eigenvalue weighted by molar-refractivity contribution is -0.144. The van der Waals surface area contributed by atoms with Gasteiger partial charge < -0.3 is 31.9 Å². The lowest BCUT2D eigenvalue weighted by atomic mass is 9.97. The first kappa shape index (κ1) is 31.3. The fourth-order valence-corrected chi connectivity index (χ4v) is 3.34. The van der Waals surface area contributed by atoms with Gasteiger partial charge in [-0.05, 0) is 37.0 Å². The highest BCUT2D eigenvalue weighted by Crippen LogP contribution is 2.12. The Bertz CT molecular complexity index is 711. The summed E-state index contributed by atoms with van der Waals surface area (Å²) < 4.78 is 0. The molecule has 0 aromatic rings. The normalized spacial score (nSPS) is 15.7. The van der Waals surface area contributed by atoms with Crippen LogP contribution in [0.1, 0.15) is 73.6 Å². The molecule has 0 fully saturated rings. The smallest absolute Gasteiger partial charge is 0.326 e. The average Bonchev–Trinajstić information content (AvgIpc) is 2.72. The van der Waals surface area contributed by atoms with Crippen LogP contribution >= 0.6 is 0 Å². The van der Waals surface area contributed by atoms with Crippen molar-refractivity contribution in [2.24, 2.45) is 23.5 Å². The van der Waals surface area contributed by atoms with Crippen LogP contribution in [0.2, 0.25) is 0 Å². The minimum atomic E-state index is -1.21. The van der Waals surface area contributed by atoms with E-state index in [1.54, 1.807) is 13.8 Å². The summed E-state index contributed by atoms with van der Waals surface area (Å²) in [6.07, 6.45) is 0.550. The summed E-state index contributed by atoms with van der Waals surface area (Å²) in [5.74, 6) is -4.52. The van der Waals surface area contributed by atoms with Gasteiger partial charge in [-0.25, -0.2) is 4.79 Å². The van der Waals surface area contributed by atoms with Crippen LogP contribution in [0.3, 0.4) is 0 Å². The lowest BCUT2D eigenvalue weighted by Gasteiger charge is -2.27. The van der Waals surface area contributed by atoms with Gasteiger partial charge in [-0.15, -0.1) is 0 Å². The molecule has 0 aliphatic heterocycles. The van der Waals surface area contributed by atoms with E-state index in [-0.39, 0.29) is 37.0 Å². The highest BCUT2D eigenvalue weighted by atomic mass is 16.4. The largest absolute Gasteiger partial charge is 0.481 e. The van der Waals surface area contributed by atoms with Gasteiger partial charge in [-0.3, -0.25) is 19.2 Å². The van der Waals surface area contributed by atoms with Crippen LogP contribution in [0.4, 0.5) is 0 Å². The van der Waals surface area contributed by atoms with Gasteiger partial charge >= 0.3 is 11.9 Å². The van der Waals surface area contributed by atoms with Crippen LogP contribution in [0.15, 0.2) is 0 Å². The number of carbonyl (C=O) groups is 5. The predicted molar refractivity (Wildman–Crippen MR) is 127 cm³/mol. The Hall–Kier alpha value is -2.69. The Labute approximate surface area is 201 Å². The number of rotatable bonds is 16. The van der Waals surface area contributed by atoms with E-state index in [0.29, 0.717) is 12.8 Å². The third kappa shape index (κ3) is 12.0. The van der Waals surface area contributed by atoms with Crippen molar-refractivity contribution < 1.29 is 34.2 Å². The molecule has 3 amide bonds. The van der Waals surface area contributed by atoms with E-state index in [0.717, 1.165) is 0 Å². The maximum Gasteiger partial charge on any atom is 0.326 e. The van der Waals surface area contributed by atoms with Crippen LogP contribution in [0, 0.1) is 17.8 Å². The first-order valence-corrected chi connectivity index (χ1v) is 11.8. The number of nitrogens with two attached hydrogens (primary N) is 1. The molecule has 0 rings (SSSR count). The molecule has 0 saturated carbocycles. The summed E-state index contributed by atoms with van der Waals surface area (Å²) in [5.41, 5.74) is 5.88. The van der Waals surface area contributed by atoms with Crippen LogP contribution in [0.25, 0.3) is 0 Å². The Morgan fingerprint density at radius 2 is 1.26 bits per heavy atom. The first-order chi connectivity index (χ1) is 15.7. The van der Waals surface area contributed by atoms with Gasteiger partial charge in [-0.2, -0.15) is 0 Å². The van der Waals surface area contributed by atoms with E-state index in [4.69, 9.17) is 10.8 Å². The molecule has 0 heterocycles. The second-order valence-corrected chi connectivity index (χ2v) is 9.63.